The maximum atomic E-state index is 12.9. The quantitative estimate of drug-likeness (QED) is 0.854. The van der Waals surface area contributed by atoms with Crippen LogP contribution in [0.15, 0.2) is 18.2 Å². The lowest BCUT2D eigenvalue weighted by atomic mass is 10.0. The van der Waals surface area contributed by atoms with Gasteiger partial charge < -0.3 is 14.7 Å². The minimum absolute atomic E-state index is 0.0567. The average molecular weight is 330 g/mol. The van der Waals surface area contributed by atoms with E-state index >= 15 is 0 Å². The van der Waals surface area contributed by atoms with Crippen LogP contribution in [0.2, 0.25) is 0 Å². The number of anilines is 1. The molecule has 0 N–H and O–H groups in total. The standard InChI is InChI=1S/C19H30N4O/c1-21-14-10-16(11-15-21)22(2)19(24)17-8-7-9-18(20-17)23-12-5-3-4-6-13-23/h7-9,16H,3-6,10-15H2,1-2H3. The first-order chi connectivity index (χ1) is 11.6. The van der Waals surface area contributed by atoms with E-state index in [1.165, 1.54) is 25.7 Å². The Kier molecular flexibility index (Phi) is 5.72. The number of carbonyl (C=O) groups is 1. The molecule has 0 atom stereocenters. The monoisotopic (exact) mass is 330 g/mol. The fraction of sp³-hybridized carbons (Fsp3) is 0.684. The van der Waals surface area contributed by atoms with Crippen LogP contribution in [0.5, 0.6) is 0 Å². The molecule has 3 rings (SSSR count). The van der Waals surface area contributed by atoms with Crippen LogP contribution < -0.4 is 4.90 Å². The molecule has 0 saturated carbocycles. The smallest absolute Gasteiger partial charge is 0.272 e. The van der Waals surface area contributed by atoms with Gasteiger partial charge in [0.1, 0.15) is 11.5 Å². The van der Waals surface area contributed by atoms with Gasteiger partial charge in [0.15, 0.2) is 0 Å². The summed E-state index contributed by atoms with van der Waals surface area (Å²) in [5.74, 6) is 1.01. The van der Waals surface area contributed by atoms with Crippen LogP contribution >= 0.6 is 0 Å². The van der Waals surface area contributed by atoms with E-state index in [2.05, 4.69) is 16.8 Å². The summed E-state index contributed by atoms with van der Waals surface area (Å²) >= 11 is 0. The normalized spacial score (nSPS) is 20.7. The molecule has 1 aromatic heterocycles. The second-order valence-electron chi connectivity index (χ2n) is 7.23. The maximum Gasteiger partial charge on any atom is 0.272 e. The summed E-state index contributed by atoms with van der Waals surface area (Å²) < 4.78 is 0. The molecular weight excluding hydrogens is 300 g/mol. The topological polar surface area (TPSA) is 39.7 Å². The summed E-state index contributed by atoms with van der Waals surface area (Å²) in [4.78, 5) is 24.1. The van der Waals surface area contributed by atoms with E-state index in [0.29, 0.717) is 11.7 Å². The van der Waals surface area contributed by atoms with E-state index in [1.54, 1.807) is 0 Å². The van der Waals surface area contributed by atoms with Crippen molar-refractivity contribution in [3.63, 3.8) is 0 Å². The zero-order chi connectivity index (χ0) is 16.9. The number of rotatable bonds is 3. The number of hydrogen-bond acceptors (Lipinski definition) is 4. The van der Waals surface area contributed by atoms with Gasteiger partial charge in [0, 0.05) is 26.2 Å². The van der Waals surface area contributed by atoms with E-state index in [0.717, 1.165) is 44.8 Å². The molecule has 1 amide bonds. The third-order valence-corrected chi connectivity index (χ3v) is 5.44. The van der Waals surface area contributed by atoms with Gasteiger partial charge in [0.2, 0.25) is 0 Å². The number of carbonyl (C=O) groups excluding carboxylic acids is 1. The minimum atomic E-state index is 0.0567. The second kappa shape index (κ2) is 7.97. The highest BCUT2D eigenvalue weighted by molar-refractivity contribution is 5.92. The van der Waals surface area contributed by atoms with E-state index < -0.39 is 0 Å². The van der Waals surface area contributed by atoms with Crippen molar-refractivity contribution in [2.24, 2.45) is 0 Å². The third-order valence-electron chi connectivity index (χ3n) is 5.44. The Hall–Kier alpha value is -1.62. The number of piperidine rings is 1. The molecule has 24 heavy (non-hydrogen) atoms. The molecule has 2 saturated heterocycles. The molecule has 0 bridgehead atoms. The van der Waals surface area contributed by atoms with Crippen molar-refractivity contribution >= 4 is 11.7 Å². The Morgan fingerprint density at radius 1 is 1.08 bits per heavy atom. The van der Waals surface area contributed by atoms with E-state index in [-0.39, 0.29) is 5.91 Å². The van der Waals surface area contributed by atoms with Gasteiger partial charge in [-0.25, -0.2) is 4.98 Å². The summed E-state index contributed by atoms with van der Waals surface area (Å²) in [5.41, 5.74) is 0.582. The van der Waals surface area contributed by atoms with Crippen LogP contribution in [0, 0.1) is 0 Å². The molecule has 0 spiro atoms. The molecule has 2 fully saturated rings. The Bertz CT molecular complexity index is 546. The number of amides is 1. The number of likely N-dealkylation sites (tertiary alicyclic amines) is 1. The summed E-state index contributed by atoms with van der Waals surface area (Å²) in [6.07, 6.45) is 7.13. The first-order valence-corrected chi connectivity index (χ1v) is 9.33. The molecule has 0 aromatic carbocycles. The molecule has 0 aliphatic carbocycles. The highest BCUT2D eigenvalue weighted by atomic mass is 16.2. The zero-order valence-electron chi connectivity index (χ0n) is 15.1. The van der Waals surface area contributed by atoms with Gasteiger partial charge in [-0.15, -0.1) is 0 Å². The van der Waals surface area contributed by atoms with Gasteiger partial charge in [-0.1, -0.05) is 18.9 Å². The Labute approximate surface area is 145 Å². The summed E-state index contributed by atoms with van der Waals surface area (Å²) in [6.45, 7) is 4.22. The van der Waals surface area contributed by atoms with Crippen LogP contribution in [0.4, 0.5) is 5.82 Å². The Balaban J connectivity index is 1.69. The third kappa shape index (κ3) is 4.07. The van der Waals surface area contributed by atoms with Crippen LogP contribution in [0.3, 0.4) is 0 Å². The Morgan fingerprint density at radius 2 is 1.75 bits per heavy atom. The first-order valence-electron chi connectivity index (χ1n) is 9.33. The molecule has 2 aliphatic heterocycles. The largest absolute Gasteiger partial charge is 0.357 e. The van der Waals surface area contributed by atoms with Gasteiger partial charge in [0.05, 0.1) is 0 Å². The van der Waals surface area contributed by atoms with Crippen LogP contribution in [0.25, 0.3) is 0 Å². The second-order valence-corrected chi connectivity index (χ2v) is 7.23. The molecule has 0 unspecified atom stereocenters. The van der Waals surface area contributed by atoms with E-state index in [1.807, 2.05) is 30.1 Å². The fourth-order valence-corrected chi connectivity index (χ4v) is 3.75. The van der Waals surface area contributed by atoms with Crippen molar-refractivity contribution in [3.05, 3.63) is 23.9 Å². The molecule has 2 aliphatic rings. The molecule has 1 aromatic rings. The summed E-state index contributed by atoms with van der Waals surface area (Å²) in [5, 5.41) is 0. The van der Waals surface area contributed by atoms with Crippen molar-refractivity contribution in [2.75, 3.05) is 45.2 Å². The first kappa shape index (κ1) is 17.2. The van der Waals surface area contributed by atoms with E-state index in [9.17, 15) is 4.79 Å². The molecule has 0 radical (unpaired) electrons. The van der Waals surface area contributed by atoms with Crippen LogP contribution in [-0.2, 0) is 0 Å². The molecule has 5 heteroatoms. The predicted molar refractivity (Wildman–Crippen MR) is 97.5 cm³/mol. The molecule has 132 valence electrons. The molecular formula is C19H30N4O. The fourth-order valence-electron chi connectivity index (χ4n) is 3.75. The summed E-state index contributed by atoms with van der Waals surface area (Å²) in [7, 11) is 4.07. The lowest BCUT2D eigenvalue weighted by Gasteiger charge is -2.35. The Morgan fingerprint density at radius 3 is 2.42 bits per heavy atom. The number of aromatic nitrogens is 1. The van der Waals surface area contributed by atoms with Crippen molar-refractivity contribution in [1.82, 2.24) is 14.8 Å². The molecule has 3 heterocycles. The van der Waals surface area contributed by atoms with Crippen molar-refractivity contribution in [1.29, 1.82) is 0 Å². The van der Waals surface area contributed by atoms with Crippen molar-refractivity contribution in [3.8, 4) is 0 Å². The van der Waals surface area contributed by atoms with Gasteiger partial charge in [-0.3, -0.25) is 4.79 Å². The SMILES string of the molecule is CN1CCC(N(C)C(=O)c2cccc(N3CCCCCC3)n2)CC1. The summed E-state index contributed by atoms with van der Waals surface area (Å²) in [6, 6.07) is 6.20. The zero-order valence-corrected chi connectivity index (χ0v) is 15.1. The number of pyridine rings is 1. The lowest BCUT2D eigenvalue weighted by Crippen LogP contribution is -2.44. The molecule has 5 nitrogen and oxygen atoms in total. The van der Waals surface area contributed by atoms with Gasteiger partial charge in [-0.2, -0.15) is 0 Å². The van der Waals surface area contributed by atoms with Crippen LogP contribution in [-0.4, -0.2) is 67.0 Å². The number of nitrogens with zero attached hydrogens (tertiary/aromatic N) is 4. The van der Waals surface area contributed by atoms with Crippen LogP contribution in [0.1, 0.15) is 49.0 Å². The average Bonchev–Trinajstić information content (AvgIpc) is 2.91. The number of hydrogen-bond donors (Lipinski definition) is 0. The predicted octanol–water partition coefficient (Wildman–Crippen LogP) is 2.63. The van der Waals surface area contributed by atoms with E-state index in [4.69, 9.17) is 4.98 Å². The van der Waals surface area contributed by atoms with Gasteiger partial charge in [0.25, 0.3) is 5.91 Å². The van der Waals surface area contributed by atoms with Gasteiger partial charge in [-0.05, 0) is 58.0 Å². The lowest BCUT2D eigenvalue weighted by molar-refractivity contribution is 0.0654. The van der Waals surface area contributed by atoms with Crippen molar-refractivity contribution < 1.29 is 4.79 Å². The maximum absolute atomic E-state index is 12.9. The van der Waals surface area contributed by atoms with Crippen molar-refractivity contribution in [2.45, 2.75) is 44.6 Å². The highest BCUT2D eigenvalue weighted by Gasteiger charge is 2.25. The minimum Gasteiger partial charge on any atom is -0.357 e. The van der Waals surface area contributed by atoms with Gasteiger partial charge >= 0.3 is 0 Å². The highest BCUT2D eigenvalue weighted by Crippen LogP contribution is 2.20.